The van der Waals surface area contributed by atoms with Crippen LogP contribution in [0.5, 0.6) is 11.5 Å². The molecule has 0 unspecified atom stereocenters. The topological polar surface area (TPSA) is 72.5 Å². The van der Waals surface area contributed by atoms with E-state index in [1.807, 2.05) is 0 Å². The number of nitrogens with zero attached hydrogens (tertiary/aromatic N) is 1. The van der Waals surface area contributed by atoms with E-state index in [1.54, 1.807) is 43.6 Å². The first kappa shape index (κ1) is 17.6. The molecule has 0 fully saturated rings. The SMILES string of the molecule is C=CCNC(=O)c1ccc(Nc2cc(OC)c(Cl)cc2OC)cn1. The number of amides is 1. The molecular weight excluding hydrogens is 330 g/mol. The van der Waals surface area contributed by atoms with Crippen LogP contribution in [0.4, 0.5) is 11.4 Å². The summed E-state index contributed by atoms with van der Waals surface area (Å²) in [6.07, 6.45) is 3.16. The van der Waals surface area contributed by atoms with Crippen LogP contribution in [-0.2, 0) is 0 Å². The van der Waals surface area contributed by atoms with E-state index in [4.69, 9.17) is 21.1 Å². The molecule has 0 atom stereocenters. The zero-order chi connectivity index (χ0) is 17.5. The second kappa shape index (κ2) is 8.21. The molecule has 0 aliphatic carbocycles. The second-order valence-electron chi connectivity index (χ2n) is 4.74. The number of pyridine rings is 1. The van der Waals surface area contributed by atoms with Crippen molar-refractivity contribution in [2.75, 3.05) is 26.1 Å². The molecule has 24 heavy (non-hydrogen) atoms. The number of halogens is 1. The lowest BCUT2D eigenvalue weighted by Gasteiger charge is -2.14. The molecular formula is C17H18ClN3O3. The summed E-state index contributed by atoms with van der Waals surface area (Å²) >= 11 is 6.08. The quantitative estimate of drug-likeness (QED) is 0.751. The number of nitrogens with one attached hydrogen (secondary N) is 2. The number of benzene rings is 1. The van der Waals surface area contributed by atoms with E-state index in [2.05, 4.69) is 22.2 Å². The van der Waals surface area contributed by atoms with E-state index in [0.717, 1.165) is 0 Å². The summed E-state index contributed by atoms with van der Waals surface area (Å²) in [7, 11) is 3.09. The number of carbonyl (C=O) groups excluding carboxylic acids is 1. The van der Waals surface area contributed by atoms with E-state index in [0.29, 0.717) is 40.1 Å². The van der Waals surface area contributed by atoms with E-state index in [-0.39, 0.29) is 5.91 Å². The molecule has 2 rings (SSSR count). The molecule has 6 nitrogen and oxygen atoms in total. The zero-order valence-corrected chi connectivity index (χ0v) is 14.2. The Morgan fingerprint density at radius 2 is 2.04 bits per heavy atom. The number of aromatic nitrogens is 1. The van der Waals surface area contributed by atoms with Gasteiger partial charge in [-0.2, -0.15) is 0 Å². The lowest BCUT2D eigenvalue weighted by Crippen LogP contribution is -2.24. The number of methoxy groups -OCH3 is 2. The molecule has 1 aromatic carbocycles. The molecule has 7 heteroatoms. The molecule has 1 aromatic heterocycles. The molecule has 0 saturated heterocycles. The van der Waals surface area contributed by atoms with Gasteiger partial charge in [-0.3, -0.25) is 4.79 Å². The molecule has 0 bridgehead atoms. The summed E-state index contributed by atoms with van der Waals surface area (Å²) in [5.41, 5.74) is 1.69. The fraction of sp³-hybridized carbons (Fsp3) is 0.176. The number of ether oxygens (including phenoxy) is 2. The van der Waals surface area contributed by atoms with E-state index in [9.17, 15) is 4.79 Å². The third kappa shape index (κ3) is 4.17. The van der Waals surface area contributed by atoms with Crippen LogP contribution in [0.3, 0.4) is 0 Å². The summed E-state index contributed by atoms with van der Waals surface area (Å²) in [6, 6.07) is 6.76. The third-order valence-electron chi connectivity index (χ3n) is 3.16. The van der Waals surface area contributed by atoms with E-state index in [1.165, 1.54) is 7.11 Å². The number of hydrogen-bond donors (Lipinski definition) is 2. The minimum atomic E-state index is -0.257. The second-order valence-corrected chi connectivity index (χ2v) is 5.15. The maximum Gasteiger partial charge on any atom is 0.270 e. The largest absolute Gasteiger partial charge is 0.495 e. The van der Waals surface area contributed by atoms with Crippen molar-refractivity contribution in [1.82, 2.24) is 10.3 Å². The van der Waals surface area contributed by atoms with Crippen LogP contribution in [0.2, 0.25) is 5.02 Å². The van der Waals surface area contributed by atoms with Crippen LogP contribution in [-0.4, -0.2) is 31.7 Å². The zero-order valence-electron chi connectivity index (χ0n) is 13.4. The molecule has 2 aromatic rings. The Kier molecular flexibility index (Phi) is 6.03. The number of anilines is 2. The van der Waals surface area contributed by atoms with Crippen molar-refractivity contribution in [3.63, 3.8) is 0 Å². The van der Waals surface area contributed by atoms with Crippen LogP contribution < -0.4 is 20.1 Å². The van der Waals surface area contributed by atoms with Gasteiger partial charge in [-0.1, -0.05) is 17.7 Å². The molecule has 1 amide bonds. The Morgan fingerprint density at radius 3 is 2.62 bits per heavy atom. The summed E-state index contributed by atoms with van der Waals surface area (Å²) in [5, 5.41) is 6.28. The third-order valence-corrected chi connectivity index (χ3v) is 3.45. The maximum atomic E-state index is 11.8. The first-order valence-corrected chi connectivity index (χ1v) is 7.50. The molecule has 1 heterocycles. The number of carbonyl (C=O) groups is 1. The van der Waals surface area contributed by atoms with Gasteiger partial charge in [0, 0.05) is 18.7 Å². The minimum absolute atomic E-state index is 0.257. The van der Waals surface area contributed by atoms with Gasteiger partial charge in [-0.05, 0) is 12.1 Å². The highest BCUT2D eigenvalue weighted by molar-refractivity contribution is 6.32. The smallest absolute Gasteiger partial charge is 0.270 e. The monoisotopic (exact) mass is 347 g/mol. The minimum Gasteiger partial charge on any atom is -0.495 e. The molecule has 0 radical (unpaired) electrons. The Labute approximate surface area is 145 Å². The fourth-order valence-corrected chi connectivity index (χ4v) is 2.20. The van der Waals surface area contributed by atoms with Gasteiger partial charge in [0.05, 0.1) is 36.8 Å². The molecule has 0 spiro atoms. The highest BCUT2D eigenvalue weighted by atomic mass is 35.5. The maximum absolute atomic E-state index is 11.8. The predicted molar refractivity (Wildman–Crippen MR) is 94.6 cm³/mol. The number of rotatable bonds is 7. The van der Waals surface area contributed by atoms with Gasteiger partial charge >= 0.3 is 0 Å². The lowest BCUT2D eigenvalue weighted by molar-refractivity contribution is 0.0953. The van der Waals surface area contributed by atoms with Crippen molar-refractivity contribution in [2.45, 2.75) is 0 Å². The first-order chi connectivity index (χ1) is 11.6. The highest BCUT2D eigenvalue weighted by Crippen LogP contribution is 2.37. The fourth-order valence-electron chi connectivity index (χ4n) is 1.97. The molecule has 0 saturated carbocycles. The van der Waals surface area contributed by atoms with Crippen molar-refractivity contribution in [2.24, 2.45) is 0 Å². The first-order valence-electron chi connectivity index (χ1n) is 7.12. The van der Waals surface area contributed by atoms with Crippen molar-refractivity contribution in [3.8, 4) is 11.5 Å². The number of hydrogen-bond acceptors (Lipinski definition) is 5. The molecule has 126 valence electrons. The van der Waals surface area contributed by atoms with Crippen molar-refractivity contribution in [3.05, 3.63) is 53.8 Å². The Morgan fingerprint density at radius 1 is 1.29 bits per heavy atom. The van der Waals surface area contributed by atoms with Crippen LogP contribution in [0.15, 0.2) is 43.1 Å². The van der Waals surface area contributed by atoms with Crippen molar-refractivity contribution >= 4 is 28.9 Å². The van der Waals surface area contributed by atoms with Gasteiger partial charge < -0.3 is 20.1 Å². The van der Waals surface area contributed by atoms with Crippen LogP contribution in [0, 0.1) is 0 Å². The van der Waals surface area contributed by atoms with Gasteiger partial charge in [0.2, 0.25) is 0 Å². The average molecular weight is 348 g/mol. The van der Waals surface area contributed by atoms with E-state index < -0.39 is 0 Å². The summed E-state index contributed by atoms with van der Waals surface area (Å²) in [5.74, 6) is 0.828. The molecule has 0 aliphatic rings. The van der Waals surface area contributed by atoms with Crippen LogP contribution >= 0.6 is 11.6 Å². The summed E-state index contributed by atoms with van der Waals surface area (Å²) in [6.45, 7) is 3.94. The van der Waals surface area contributed by atoms with Crippen LogP contribution in [0.1, 0.15) is 10.5 Å². The Bertz CT molecular complexity index is 733. The molecule has 2 N–H and O–H groups in total. The van der Waals surface area contributed by atoms with Gasteiger partial charge in [-0.15, -0.1) is 6.58 Å². The highest BCUT2D eigenvalue weighted by Gasteiger charge is 2.11. The molecule has 0 aliphatic heterocycles. The summed E-state index contributed by atoms with van der Waals surface area (Å²) < 4.78 is 10.5. The lowest BCUT2D eigenvalue weighted by atomic mass is 10.2. The Hall–Kier alpha value is -2.73. The average Bonchev–Trinajstić information content (AvgIpc) is 2.61. The normalized spacial score (nSPS) is 9.96. The Balaban J connectivity index is 2.19. The predicted octanol–water partition coefficient (Wildman–Crippen LogP) is 3.41. The van der Waals surface area contributed by atoms with Crippen molar-refractivity contribution < 1.29 is 14.3 Å². The van der Waals surface area contributed by atoms with E-state index >= 15 is 0 Å². The standard InChI is InChI=1S/C17H18ClN3O3/c1-4-7-19-17(22)13-6-5-11(10-20-13)21-14-9-15(23-2)12(18)8-16(14)24-3/h4-6,8-10,21H,1,7H2,2-3H3,(H,19,22). The van der Waals surface area contributed by atoms with Crippen molar-refractivity contribution in [1.29, 1.82) is 0 Å². The van der Waals surface area contributed by atoms with Gasteiger partial charge in [0.15, 0.2) is 0 Å². The van der Waals surface area contributed by atoms with Crippen LogP contribution in [0.25, 0.3) is 0 Å². The summed E-state index contributed by atoms with van der Waals surface area (Å²) in [4.78, 5) is 15.9. The van der Waals surface area contributed by atoms with Gasteiger partial charge in [-0.25, -0.2) is 4.98 Å². The van der Waals surface area contributed by atoms with Gasteiger partial charge in [0.25, 0.3) is 5.91 Å². The van der Waals surface area contributed by atoms with Gasteiger partial charge in [0.1, 0.15) is 17.2 Å².